The van der Waals surface area contributed by atoms with E-state index >= 15 is 0 Å². The number of pyridine rings is 1. The summed E-state index contributed by atoms with van der Waals surface area (Å²) in [5.41, 5.74) is 1.75. The molecule has 0 aliphatic rings. The fraction of sp³-hybridized carbons (Fsp3) is 0.312. The summed E-state index contributed by atoms with van der Waals surface area (Å²) in [4.78, 5) is 6.24. The van der Waals surface area contributed by atoms with Crippen molar-refractivity contribution in [1.82, 2.24) is 4.98 Å². The van der Waals surface area contributed by atoms with Gasteiger partial charge in [0.25, 0.3) is 0 Å². The summed E-state index contributed by atoms with van der Waals surface area (Å²) < 4.78 is 5.77. The van der Waals surface area contributed by atoms with Crippen LogP contribution in [0.3, 0.4) is 0 Å². The molecule has 0 aliphatic heterocycles. The van der Waals surface area contributed by atoms with E-state index in [1.807, 2.05) is 56.3 Å². The van der Waals surface area contributed by atoms with Crippen molar-refractivity contribution < 1.29 is 9.84 Å². The molecule has 4 nitrogen and oxygen atoms in total. The predicted octanol–water partition coefficient (Wildman–Crippen LogP) is 3.38. The molecule has 0 spiro atoms. The highest BCUT2D eigenvalue weighted by Gasteiger charge is 2.06. The minimum Gasteiger partial charge on any atom is -0.456 e. The van der Waals surface area contributed by atoms with Crippen molar-refractivity contribution in [2.24, 2.45) is 0 Å². The van der Waals surface area contributed by atoms with Crippen LogP contribution in [-0.2, 0) is 0 Å². The minimum absolute atomic E-state index is 0.513. The van der Waals surface area contributed by atoms with E-state index in [-0.39, 0.29) is 0 Å². The van der Waals surface area contributed by atoms with Gasteiger partial charge < -0.3 is 14.7 Å². The zero-order valence-electron chi connectivity index (χ0n) is 12.1. The Morgan fingerprint density at radius 1 is 1.20 bits per heavy atom. The quantitative estimate of drug-likeness (QED) is 0.906. The van der Waals surface area contributed by atoms with Crippen LogP contribution in [0.4, 0.5) is 5.69 Å². The van der Waals surface area contributed by atoms with Gasteiger partial charge in [0.15, 0.2) is 0 Å². The molecule has 0 aliphatic carbocycles. The number of benzene rings is 1. The Morgan fingerprint density at radius 2 is 2.00 bits per heavy atom. The number of aliphatic hydroxyl groups is 1. The first-order valence-corrected chi connectivity index (χ1v) is 6.69. The van der Waals surface area contributed by atoms with Crippen LogP contribution >= 0.6 is 0 Å². The van der Waals surface area contributed by atoms with Gasteiger partial charge in [0.2, 0.25) is 0 Å². The highest BCUT2D eigenvalue weighted by atomic mass is 16.5. The molecule has 2 aromatic rings. The van der Waals surface area contributed by atoms with Crippen LogP contribution < -0.4 is 9.64 Å². The second kappa shape index (κ2) is 6.39. The first-order chi connectivity index (χ1) is 9.60. The molecule has 0 saturated heterocycles. The summed E-state index contributed by atoms with van der Waals surface area (Å²) in [6.45, 7) is 1.92. The van der Waals surface area contributed by atoms with E-state index in [0.29, 0.717) is 17.9 Å². The lowest BCUT2D eigenvalue weighted by Gasteiger charge is -2.14. The first kappa shape index (κ1) is 14.3. The van der Waals surface area contributed by atoms with Crippen molar-refractivity contribution in [2.75, 3.05) is 19.0 Å². The average Bonchev–Trinajstić information content (AvgIpc) is 2.47. The number of rotatable bonds is 5. The lowest BCUT2D eigenvalue weighted by Crippen LogP contribution is -2.08. The van der Waals surface area contributed by atoms with E-state index in [1.54, 1.807) is 12.3 Å². The largest absolute Gasteiger partial charge is 0.456 e. The molecule has 0 amide bonds. The molecule has 1 heterocycles. The van der Waals surface area contributed by atoms with E-state index in [0.717, 1.165) is 11.4 Å². The standard InChI is InChI=1S/C16H20N2O2/c1-4-16(19)15-9-8-14(11-17-15)20-13-7-5-6-12(10-13)18(2)3/h5-11,16,19H,4H2,1-3H3. The van der Waals surface area contributed by atoms with Gasteiger partial charge in [-0.1, -0.05) is 13.0 Å². The van der Waals surface area contributed by atoms with Crippen LogP contribution in [0.25, 0.3) is 0 Å². The second-order valence-electron chi connectivity index (χ2n) is 4.84. The van der Waals surface area contributed by atoms with Gasteiger partial charge in [0.1, 0.15) is 11.5 Å². The number of hydrogen-bond acceptors (Lipinski definition) is 4. The highest BCUT2D eigenvalue weighted by Crippen LogP contribution is 2.25. The Morgan fingerprint density at radius 3 is 2.60 bits per heavy atom. The van der Waals surface area contributed by atoms with Crippen LogP contribution in [-0.4, -0.2) is 24.2 Å². The summed E-state index contributed by atoms with van der Waals surface area (Å²) in [5, 5.41) is 9.70. The summed E-state index contributed by atoms with van der Waals surface area (Å²) in [6, 6.07) is 11.5. The van der Waals surface area contributed by atoms with Gasteiger partial charge in [0.05, 0.1) is 18.0 Å². The van der Waals surface area contributed by atoms with Crippen molar-refractivity contribution in [3.63, 3.8) is 0 Å². The van der Waals surface area contributed by atoms with Crippen molar-refractivity contribution in [2.45, 2.75) is 19.4 Å². The van der Waals surface area contributed by atoms with Crippen molar-refractivity contribution in [1.29, 1.82) is 0 Å². The number of aliphatic hydroxyl groups excluding tert-OH is 1. The minimum atomic E-state index is -0.513. The molecular formula is C16H20N2O2. The van der Waals surface area contributed by atoms with Crippen LogP contribution in [0.5, 0.6) is 11.5 Å². The fourth-order valence-electron chi connectivity index (χ4n) is 1.82. The van der Waals surface area contributed by atoms with Crippen LogP contribution in [0.1, 0.15) is 25.1 Å². The molecule has 1 unspecified atom stereocenters. The Labute approximate surface area is 119 Å². The smallest absolute Gasteiger partial charge is 0.145 e. The van der Waals surface area contributed by atoms with Gasteiger partial charge in [-0.3, -0.25) is 4.98 Å². The maximum atomic E-state index is 9.70. The molecule has 1 N–H and O–H groups in total. The molecule has 20 heavy (non-hydrogen) atoms. The lowest BCUT2D eigenvalue weighted by atomic mass is 10.2. The van der Waals surface area contributed by atoms with E-state index in [2.05, 4.69) is 4.98 Å². The Hall–Kier alpha value is -2.07. The number of anilines is 1. The van der Waals surface area contributed by atoms with E-state index in [4.69, 9.17) is 4.74 Å². The second-order valence-corrected chi connectivity index (χ2v) is 4.84. The third kappa shape index (κ3) is 3.48. The predicted molar refractivity (Wildman–Crippen MR) is 80.3 cm³/mol. The monoisotopic (exact) mass is 272 g/mol. The summed E-state index contributed by atoms with van der Waals surface area (Å²) in [5.74, 6) is 1.43. The van der Waals surface area contributed by atoms with E-state index in [1.165, 1.54) is 0 Å². The molecule has 106 valence electrons. The molecule has 2 rings (SSSR count). The Kier molecular flexibility index (Phi) is 4.58. The molecular weight excluding hydrogens is 252 g/mol. The zero-order chi connectivity index (χ0) is 14.5. The van der Waals surface area contributed by atoms with Crippen LogP contribution in [0, 0.1) is 0 Å². The van der Waals surface area contributed by atoms with Gasteiger partial charge in [-0.2, -0.15) is 0 Å². The molecule has 0 fully saturated rings. The number of nitrogens with zero attached hydrogens (tertiary/aromatic N) is 2. The molecule has 0 saturated carbocycles. The SMILES string of the molecule is CCC(O)c1ccc(Oc2cccc(N(C)C)c2)cn1. The zero-order valence-corrected chi connectivity index (χ0v) is 12.1. The third-order valence-corrected chi connectivity index (χ3v) is 3.06. The van der Waals surface area contributed by atoms with Crippen molar-refractivity contribution >= 4 is 5.69 Å². The maximum absolute atomic E-state index is 9.70. The molecule has 0 bridgehead atoms. The van der Waals surface area contributed by atoms with Crippen molar-refractivity contribution in [3.8, 4) is 11.5 Å². The van der Waals surface area contributed by atoms with E-state index < -0.39 is 6.10 Å². The third-order valence-electron chi connectivity index (χ3n) is 3.06. The lowest BCUT2D eigenvalue weighted by molar-refractivity contribution is 0.169. The van der Waals surface area contributed by atoms with Gasteiger partial charge in [-0.05, 0) is 30.7 Å². The average molecular weight is 272 g/mol. The molecule has 4 heteroatoms. The Bertz CT molecular complexity index is 553. The molecule has 0 radical (unpaired) electrons. The summed E-state index contributed by atoms with van der Waals surface area (Å²) in [7, 11) is 3.98. The topological polar surface area (TPSA) is 45.6 Å². The highest BCUT2D eigenvalue weighted by molar-refractivity contribution is 5.50. The first-order valence-electron chi connectivity index (χ1n) is 6.69. The molecule has 1 aromatic carbocycles. The fourth-order valence-corrected chi connectivity index (χ4v) is 1.82. The number of aromatic nitrogens is 1. The molecule has 1 aromatic heterocycles. The van der Waals surface area contributed by atoms with Crippen LogP contribution in [0.2, 0.25) is 0 Å². The number of hydrogen-bond donors (Lipinski definition) is 1. The van der Waals surface area contributed by atoms with Gasteiger partial charge in [-0.15, -0.1) is 0 Å². The Balaban J connectivity index is 2.12. The van der Waals surface area contributed by atoms with Crippen molar-refractivity contribution in [3.05, 3.63) is 48.3 Å². The number of ether oxygens (including phenoxy) is 1. The van der Waals surface area contributed by atoms with Crippen LogP contribution in [0.15, 0.2) is 42.6 Å². The normalized spacial score (nSPS) is 12.0. The van der Waals surface area contributed by atoms with E-state index in [9.17, 15) is 5.11 Å². The summed E-state index contributed by atoms with van der Waals surface area (Å²) in [6.07, 6.45) is 1.77. The molecule has 1 atom stereocenters. The van der Waals surface area contributed by atoms with Gasteiger partial charge in [-0.25, -0.2) is 0 Å². The maximum Gasteiger partial charge on any atom is 0.145 e. The summed E-state index contributed by atoms with van der Waals surface area (Å²) >= 11 is 0. The van der Waals surface area contributed by atoms with Gasteiger partial charge in [0, 0.05) is 25.8 Å². The van der Waals surface area contributed by atoms with Gasteiger partial charge >= 0.3 is 0 Å².